The zero-order valence-corrected chi connectivity index (χ0v) is 15.3. The van der Waals surface area contributed by atoms with Gasteiger partial charge in [0, 0.05) is 17.5 Å². The van der Waals surface area contributed by atoms with Crippen LogP contribution < -0.4 is 0 Å². The Morgan fingerprint density at radius 2 is 1.42 bits per heavy atom. The number of halogens is 1. The van der Waals surface area contributed by atoms with Crippen molar-refractivity contribution in [3.63, 3.8) is 0 Å². The van der Waals surface area contributed by atoms with Gasteiger partial charge in [0.25, 0.3) is 0 Å². The van der Waals surface area contributed by atoms with E-state index in [1.807, 2.05) is 25.1 Å². The van der Waals surface area contributed by atoms with Crippen LogP contribution in [0.1, 0.15) is 42.6 Å². The van der Waals surface area contributed by atoms with Gasteiger partial charge in [-0.1, -0.05) is 80.9 Å². The van der Waals surface area contributed by atoms with E-state index < -0.39 is 0 Å². The van der Waals surface area contributed by atoms with Gasteiger partial charge in [-0.15, -0.1) is 0 Å². The highest BCUT2D eigenvalue weighted by atomic mass is 19.1. The van der Waals surface area contributed by atoms with Gasteiger partial charge in [-0.3, -0.25) is 4.79 Å². The highest BCUT2D eigenvalue weighted by Gasteiger charge is 2.09. The molecule has 0 bridgehead atoms. The molecule has 0 aliphatic rings. The van der Waals surface area contributed by atoms with Crippen LogP contribution >= 0.6 is 0 Å². The van der Waals surface area contributed by atoms with Crippen molar-refractivity contribution < 1.29 is 9.18 Å². The maximum Gasteiger partial charge on any atom is 0.162 e. The van der Waals surface area contributed by atoms with E-state index in [0.29, 0.717) is 17.5 Å². The Hall–Kier alpha value is -2.74. The average Bonchev–Trinajstić information content (AvgIpc) is 2.68. The fourth-order valence-electron chi connectivity index (χ4n) is 3.12. The largest absolute Gasteiger partial charge is 0.294 e. The summed E-state index contributed by atoms with van der Waals surface area (Å²) < 4.78 is 14.7. The van der Waals surface area contributed by atoms with Crippen LogP contribution in [0.4, 0.5) is 4.39 Å². The Balaban J connectivity index is 1.86. The first kappa shape index (κ1) is 18.1. The average molecular weight is 346 g/mol. The summed E-state index contributed by atoms with van der Waals surface area (Å²) in [5, 5.41) is 0. The zero-order chi connectivity index (χ0) is 18.5. The van der Waals surface area contributed by atoms with E-state index in [2.05, 4.69) is 19.1 Å². The van der Waals surface area contributed by atoms with Crippen LogP contribution in [0.2, 0.25) is 0 Å². The quantitative estimate of drug-likeness (QED) is 0.454. The Bertz CT molecular complexity index is 892. The van der Waals surface area contributed by atoms with Crippen molar-refractivity contribution in [1.82, 2.24) is 0 Å². The standard InChI is InChI=1S/C24H23FO/c1-3-5-17-6-8-18(9-7-17)21-14-15-22(23(25)16-21)19-10-12-20(13-11-19)24(26)4-2/h6-16H,3-5H2,1-2H3. The second-order valence-electron chi connectivity index (χ2n) is 6.50. The molecule has 0 fully saturated rings. The maximum absolute atomic E-state index is 14.7. The van der Waals surface area contributed by atoms with Gasteiger partial charge in [-0.25, -0.2) is 4.39 Å². The summed E-state index contributed by atoms with van der Waals surface area (Å²) in [6, 6.07) is 20.8. The molecular weight excluding hydrogens is 323 g/mol. The third kappa shape index (κ3) is 3.91. The van der Waals surface area contributed by atoms with E-state index in [0.717, 1.165) is 29.5 Å². The van der Waals surface area contributed by atoms with Crippen LogP contribution in [0.25, 0.3) is 22.3 Å². The lowest BCUT2D eigenvalue weighted by molar-refractivity contribution is 0.0988. The molecule has 0 heterocycles. The van der Waals surface area contributed by atoms with Crippen molar-refractivity contribution in [2.24, 2.45) is 0 Å². The third-order valence-electron chi connectivity index (χ3n) is 4.63. The summed E-state index contributed by atoms with van der Waals surface area (Å²) in [7, 11) is 0. The van der Waals surface area contributed by atoms with Gasteiger partial charge in [0.05, 0.1) is 0 Å². The fraction of sp³-hybridized carbons (Fsp3) is 0.208. The van der Waals surface area contributed by atoms with Crippen LogP contribution in [0, 0.1) is 5.82 Å². The SMILES string of the molecule is CCCc1ccc(-c2ccc(-c3ccc(C(=O)CC)cc3)c(F)c2)cc1. The molecule has 0 saturated carbocycles. The fourth-order valence-corrected chi connectivity index (χ4v) is 3.12. The summed E-state index contributed by atoms with van der Waals surface area (Å²) in [4.78, 5) is 11.7. The number of hydrogen-bond donors (Lipinski definition) is 0. The summed E-state index contributed by atoms with van der Waals surface area (Å²) in [5.74, 6) is -0.159. The topological polar surface area (TPSA) is 17.1 Å². The van der Waals surface area contributed by atoms with Crippen molar-refractivity contribution in [1.29, 1.82) is 0 Å². The Labute approximate surface area is 154 Å². The van der Waals surface area contributed by atoms with Crippen molar-refractivity contribution in [3.05, 3.63) is 83.7 Å². The number of Topliss-reactive ketones (excluding diaryl/α,β-unsaturated/α-hetero) is 1. The molecule has 0 unspecified atom stereocenters. The number of hydrogen-bond acceptors (Lipinski definition) is 1. The van der Waals surface area contributed by atoms with Gasteiger partial charge < -0.3 is 0 Å². The van der Waals surface area contributed by atoms with E-state index in [1.165, 1.54) is 5.56 Å². The van der Waals surface area contributed by atoms with Crippen LogP contribution in [-0.2, 0) is 6.42 Å². The lowest BCUT2D eigenvalue weighted by Crippen LogP contribution is -1.96. The first-order valence-electron chi connectivity index (χ1n) is 9.15. The van der Waals surface area contributed by atoms with Crippen molar-refractivity contribution in [2.75, 3.05) is 0 Å². The van der Waals surface area contributed by atoms with Crippen LogP contribution in [0.5, 0.6) is 0 Å². The molecule has 0 radical (unpaired) electrons. The molecule has 3 aromatic carbocycles. The molecule has 0 amide bonds. The molecule has 0 saturated heterocycles. The van der Waals surface area contributed by atoms with Crippen LogP contribution in [-0.4, -0.2) is 5.78 Å². The van der Waals surface area contributed by atoms with Gasteiger partial charge in [0.15, 0.2) is 5.78 Å². The van der Waals surface area contributed by atoms with Crippen LogP contribution in [0.3, 0.4) is 0 Å². The molecule has 0 aliphatic carbocycles. The van der Waals surface area contributed by atoms with Crippen molar-refractivity contribution in [3.8, 4) is 22.3 Å². The molecule has 3 aromatic rings. The molecule has 0 spiro atoms. The molecule has 3 rings (SSSR count). The van der Waals surface area contributed by atoms with E-state index >= 15 is 0 Å². The van der Waals surface area contributed by atoms with E-state index in [1.54, 1.807) is 36.4 Å². The van der Waals surface area contributed by atoms with Gasteiger partial charge >= 0.3 is 0 Å². The van der Waals surface area contributed by atoms with Gasteiger partial charge in [-0.05, 0) is 34.7 Å². The number of aryl methyl sites for hydroxylation is 1. The minimum atomic E-state index is -0.255. The number of carbonyl (C=O) groups is 1. The Morgan fingerprint density at radius 3 is 2.00 bits per heavy atom. The Morgan fingerprint density at radius 1 is 0.808 bits per heavy atom. The highest BCUT2D eigenvalue weighted by molar-refractivity contribution is 5.96. The molecular formula is C24H23FO. The first-order chi connectivity index (χ1) is 12.6. The number of carbonyl (C=O) groups excluding carboxylic acids is 1. The number of ketones is 1. The summed E-state index contributed by atoms with van der Waals surface area (Å²) in [6.07, 6.45) is 2.65. The van der Waals surface area contributed by atoms with Gasteiger partial charge in [-0.2, -0.15) is 0 Å². The third-order valence-corrected chi connectivity index (χ3v) is 4.63. The minimum Gasteiger partial charge on any atom is -0.294 e. The van der Waals surface area contributed by atoms with E-state index in [9.17, 15) is 9.18 Å². The second kappa shape index (κ2) is 8.09. The molecule has 0 aliphatic heterocycles. The summed E-state index contributed by atoms with van der Waals surface area (Å²) in [5.41, 5.74) is 5.17. The molecule has 0 atom stereocenters. The number of rotatable bonds is 6. The van der Waals surface area contributed by atoms with Crippen molar-refractivity contribution >= 4 is 5.78 Å². The normalized spacial score (nSPS) is 10.7. The predicted molar refractivity (Wildman–Crippen MR) is 106 cm³/mol. The van der Waals surface area contributed by atoms with Crippen LogP contribution in [0.15, 0.2) is 66.7 Å². The second-order valence-corrected chi connectivity index (χ2v) is 6.50. The van der Waals surface area contributed by atoms with Gasteiger partial charge in [0.1, 0.15) is 5.82 Å². The van der Waals surface area contributed by atoms with Crippen molar-refractivity contribution in [2.45, 2.75) is 33.1 Å². The molecule has 0 aromatic heterocycles. The predicted octanol–water partition coefficient (Wildman–Crippen LogP) is 6.70. The first-order valence-corrected chi connectivity index (χ1v) is 9.15. The zero-order valence-electron chi connectivity index (χ0n) is 15.3. The minimum absolute atomic E-state index is 0.0962. The number of benzene rings is 3. The Kier molecular flexibility index (Phi) is 5.62. The summed E-state index contributed by atoms with van der Waals surface area (Å²) >= 11 is 0. The smallest absolute Gasteiger partial charge is 0.162 e. The monoisotopic (exact) mass is 346 g/mol. The molecule has 26 heavy (non-hydrogen) atoms. The molecule has 2 heteroatoms. The maximum atomic E-state index is 14.7. The lowest BCUT2D eigenvalue weighted by atomic mass is 9.97. The molecule has 1 nitrogen and oxygen atoms in total. The lowest BCUT2D eigenvalue weighted by Gasteiger charge is -2.08. The van der Waals surface area contributed by atoms with E-state index in [-0.39, 0.29) is 11.6 Å². The summed E-state index contributed by atoms with van der Waals surface area (Å²) in [6.45, 7) is 4.00. The van der Waals surface area contributed by atoms with Gasteiger partial charge in [0.2, 0.25) is 0 Å². The molecule has 0 N–H and O–H groups in total. The van der Waals surface area contributed by atoms with E-state index in [4.69, 9.17) is 0 Å². The highest BCUT2D eigenvalue weighted by Crippen LogP contribution is 2.28. The molecule has 132 valence electrons.